The van der Waals surface area contributed by atoms with Crippen LogP contribution in [0.4, 0.5) is 5.82 Å². The minimum atomic E-state index is 0.312. The summed E-state index contributed by atoms with van der Waals surface area (Å²) in [6.07, 6.45) is 8.06. The molecule has 0 aromatic carbocycles. The number of aryl methyl sites for hydroxylation is 1. The molecule has 0 unspecified atom stereocenters. The predicted octanol–water partition coefficient (Wildman–Crippen LogP) is 3.50. The summed E-state index contributed by atoms with van der Waals surface area (Å²) in [4.78, 5) is 10.7. The Labute approximate surface area is 126 Å². The summed E-state index contributed by atoms with van der Waals surface area (Å²) in [5.41, 5.74) is 0.895. The topological polar surface area (TPSA) is 41.0 Å². The lowest BCUT2D eigenvalue weighted by Crippen LogP contribution is -2.34. The van der Waals surface area contributed by atoms with Crippen LogP contribution in [0.15, 0.2) is 6.07 Å². The highest BCUT2D eigenvalue weighted by molar-refractivity contribution is 6.28. The Kier molecular flexibility index (Phi) is 6.05. The van der Waals surface area contributed by atoms with Crippen LogP contribution in [-0.2, 0) is 0 Å². The largest absolute Gasteiger partial charge is 0.370 e. The van der Waals surface area contributed by atoms with Gasteiger partial charge in [-0.3, -0.25) is 0 Å². The zero-order chi connectivity index (χ0) is 14.4. The van der Waals surface area contributed by atoms with Crippen molar-refractivity contribution in [3.05, 3.63) is 17.0 Å². The molecule has 1 aliphatic carbocycles. The fraction of sp³-hybridized carbons (Fsp3) is 0.733. The second kappa shape index (κ2) is 7.79. The van der Waals surface area contributed by atoms with E-state index >= 15 is 0 Å². The summed E-state index contributed by atoms with van der Waals surface area (Å²) in [6.45, 7) is 3.98. The van der Waals surface area contributed by atoms with Gasteiger partial charge in [-0.2, -0.15) is 0 Å². The van der Waals surface area contributed by atoms with Crippen molar-refractivity contribution in [2.75, 3.05) is 25.5 Å². The molecule has 1 heterocycles. The number of nitrogens with one attached hydrogen (secondary N) is 1. The van der Waals surface area contributed by atoms with E-state index in [1.165, 1.54) is 32.1 Å². The Morgan fingerprint density at radius 3 is 2.75 bits per heavy atom. The molecule has 0 atom stereocenters. The van der Waals surface area contributed by atoms with Crippen molar-refractivity contribution in [1.29, 1.82) is 0 Å². The summed E-state index contributed by atoms with van der Waals surface area (Å²) in [7, 11) is 2.25. The van der Waals surface area contributed by atoms with Gasteiger partial charge in [-0.05, 0) is 51.4 Å². The molecule has 1 fully saturated rings. The number of aromatic nitrogens is 2. The molecule has 1 aromatic heterocycles. The predicted molar refractivity (Wildman–Crippen MR) is 84.4 cm³/mol. The van der Waals surface area contributed by atoms with Crippen LogP contribution in [0.3, 0.4) is 0 Å². The third-order valence-electron chi connectivity index (χ3n) is 4.02. The van der Waals surface area contributed by atoms with Crippen LogP contribution in [0.2, 0.25) is 5.28 Å². The number of anilines is 1. The lowest BCUT2D eigenvalue weighted by atomic mass is 9.94. The van der Waals surface area contributed by atoms with Crippen molar-refractivity contribution in [3.63, 3.8) is 0 Å². The van der Waals surface area contributed by atoms with Crippen LogP contribution in [0, 0.1) is 6.92 Å². The number of hydrogen-bond donors (Lipinski definition) is 1. The molecule has 1 saturated carbocycles. The lowest BCUT2D eigenvalue weighted by molar-refractivity contribution is 0.191. The molecular weight excluding hydrogens is 272 g/mol. The number of hydrogen-bond acceptors (Lipinski definition) is 4. The van der Waals surface area contributed by atoms with Crippen molar-refractivity contribution < 1.29 is 0 Å². The lowest BCUT2D eigenvalue weighted by Gasteiger charge is -2.31. The van der Waals surface area contributed by atoms with Gasteiger partial charge < -0.3 is 10.2 Å². The Balaban J connectivity index is 1.67. The van der Waals surface area contributed by atoms with Crippen LogP contribution in [0.5, 0.6) is 0 Å². The Bertz CT molecular complexity index is 398. The van der Waals surface area contributed by atoms with Gasteiger partial charge in [0, 0.05) is 24.3 Å². The van der Waals surface area contributed by atoms with Crippen LogP contribution < -0.4 is 5.32 Å². The number of rotatable bonds is 6. The molecule has 0 amide bonds. The molecule has 0 spiro atoms. The second-order valence-corrected chi connectivity index (χ2v) is 6.05. The number of nitrogens with zero attached hydrogens (tertiary/aromatic N) is 3. The van der Waals surface area contributed by atoms with Crippen LogP contribution in [0.25, 0.3) is 0 Å². The first kappa shape index (κ1) is 15.5. The molecular formula is C15H25ClN4. The van der Waals surface area contributed by atoms with E-state index in [4.69, 9.17) is 11.6 Å². The molecule has 0 radical (unpaired) electrons. The molecule has 112 valence electrons. The maximum absolute atomic E-state index is 5.84. The average Bonchev–Trinajstić information content (AvgIpc) is 2.43. The monoisotopic (exact) mass is 296 g/mol. The van der Waals surface area contributed by atoms with Gasteiger partial charge in [-0.25, -0.2) is 9.97 Å². The molecule has 1 N–H and O–H groups in total. The smallest absolute Gasteiger partial charge is 0.224 e. The second-order valence-electron chi connectivity index (χ2n) is 5.72. The van der Waals surface area contributed by atoms with Gasteiger partial charge in [-0.15, -0.1) is 0 Å². The van der Waals surface area contributed by atoms with Crippen molar-refractivity contribution in [3.8, 4) is 0 Å². The quantitative estimate of drug-likeness (QED) is 0.644. The van der Waals surface area contributed by atoms with E-state index in [2.05, 4.69) is 27.2 Å². The fourth-order valence-corrected chi connectivity index (χ4v) is 3.10. The normalized spacial score (nSPS) is 16.6. The highest BCUT2D eigenvalue weighted by Crippen LogP contribution is 2.21. The SMILES string of the molecule is Cc1cc(NCCCN(C)C2CCCCC2)nc(Cl)n1. The zero-order valence-corrected chi connectivity index (χ0v) is 13.3. The Morgan fingerprint density at radius 1 is 1.30 bits per heavy atom. The minimum Gasteiger partial charge on any atom is -0.370 e. The first-order valence-electron chi connectivity index (χ1n) is 7.60. The first-order valence-corrected chi connectivity index (χ1v) is 7.98. The van der Waals surface area contributed by atoms with Crippen LogP contribution in [0.1, 0.15) is 44.2 Å². The highest BCUT2D eigenvalue weighted by atomic mass is 35.5. The van der Waals surface area contributed by atoms with Gasteiger partial charge >= 0.3 is 0 Å². The van der Waals surface area contributed by atoms with E-state index in [9.17, 15) is 0 Å². The average molecular weight is 297 g/mol. The van der Waals surface area contributed by atoms with Crippen molar-refractivity contribution in [2.24, 2.45) is 0 Å². The molecule has 5 heteroatoms. The molecule has 0 aliphatic heterocycles. The van der Waals surface area contributed by atoms with Crippen molar-refractivity contribution >= 4 is 17.4 Å². The summed E-state index contributed by atoms with van der Waals surface area (Å²) in [5, 5.41) is 3.63. The van der Waals surface area contributed by atoms with Crippen LogP contribution >= 0.6 is 11.6 Å². The van der Waals surface area contributed by atoms with Gasteiger partial charge in [0.05, 0.1) is 0 Å². The molecule has 0 bridgehead atoms. The third-order valence-corrected chi connectivity index (χ3v) is 4.19. The molecule has 1 aromatic rings. The van der Waals surface area contributed by atoms with Gasteiger partial charge in [0.1, 0.15) is 5.82 Å². The summed E-state index contributed by atoms with van der Waals surface area (Å²) in [5.74, 6) is 0.822. The summed E-state index contributed by atoms with van der Waals surface area (Å²) in [6, 6.07) is 2.72. The van der Waals surface area contributed by atoms with E-state index in [-0.39, 0.29) is 0 Å². The Hall–Kier alpha value is -0.870. The minimum absolute atomic E-state index is 0.312. The standard InChI is InChI=1S/C15H25ClN4/c1-12-11-14(19-15(16)18-12)17-9-6-10-20(2)13-7-4-3-5-8-13/h11,13H,3-10H2,1-2H3,(H,17,18,19). The van der Waals surface area contributed by atoms with Gasteiger partial charge in [0.15, 0.2) is 0 Å². The molecule has 1 aliphatic rings. The van der Waals surface area contributed by atoms with Crippen molar-refractivity contribution in [1.82, 2.24) is 14.9 Å². The highest BCUT2D eigenvalue weighted by Gasteiger charge is 2.17. The molecule has 2 rings (SSSR count). The maximum atomic E-state index is 5.84. The molecule has 0 saturated heterocycles. The van der Waals surface area contributed by atoms with Crippen LogP contribution in [-0.4, -0.2) is 41.0 Å². The zero-order valence-electron chi connectivity index (χ0n) is 12.5. The van der Waals surface area contributed by atoms with Gasteiger partial charge in [0.25, 0.3) is 0 Å². The Morgan fingerprint density at radius 2 is 2.05 bits per heavy atom. The maximum Gasteiger partial charge on any atom is 0.224 e. The molecule has 4 nitrogen and oxygen atoms in total. The number of halogens is 1. The van der Waals surface area contributed by atoms with E-state index in [1.807, 2.05) is 13.0 Å². The first-order chi connectivity index (χ1) is 9.65. The molecule has 20 heavy (non-hydrogen) atoms. The van der Waals surface area contributed by atoms with E-state index in [1.54, 1.807) is 0 Å². The van der Waals surface area contributed by atoms with Gasteiger partial charge in [-0.1, -0.05) is 19.3 Å². The van der Waals surface area contributed by atoms with E-state index < -0.39 is 0 Å². The summed E-state index contributed by atoms with van der Waals surface area (Å²) < 4.78 is 0. The van der Waals surface area contributed by atoms with Gasteiger partial charge in [0.2, 0.25) is 5.28 Å². The van der Waals surface area contributed by atoms with E-state index in [0.29, 0.717) is 5.28 Å². The fourth-order valence-electron chi connectivity index (χ4n) is 2.87. The van der Waals surface area contributed by atoms with Crippen molar-refractivity contribution in [2.45, 2.75) is 51.5 Å². The third kappa shape index (κ3) is 4.91. The van der Waals surface area contributed by atoms with E-state index in [0.717, 1.165) is 37.1 Å². The summed E-state index contributed by atoms with van der Waals surface area (Å²) >= 11 is 5.84.